The van der Waals surface area contributed by atoms with Crippen LogP contribution in [0.15, 0.2) is 65.4 Å². The third-order valence-corrected chi connectivity index (χ3v) is 6.36. The lowest BCUT2D eigenvalue weighted by Crippen LogP contribution is -2.43. The van der Waals surface area contributed by atoms with Crippen LogP contribution >= 0.6 is 11.3 Å². The van der Waals surface area contributed by atoms with E-state index < -0.39 is 11.8 Å². The Kier molecular flexibility index (Phi) is 7.16. The molecule has 1 aliphatic heterocycles. The maximum atomic E-state index is 12.5. The summed E-state index contributed by atoms with van der Waals surface area (Å²) in [5.41, 5.74) is 4.90. The number of hydrogen-bond donors (Lipinski definition) is 3. The van der Waals surface area contributed by atoms with Crippen LogP contribution < -0.4 is 16.0 Å². The summed E-state index contributed by atoms with van der Waals surface area (Å²) in [6.07, 6.45) is 0.958. The zero-order chi connectivity index (χ0) is 23.2. The Morgan fingerprint density at radius 2 is 1.64 bits per heavy atom. The molecule has 1 aliphatic rings. The van der Waals surface area contributed by atoms with Crippen molar-refractivity contribution in [2.75, 3.05) is 23.7 Å². The summed E-state index contributed by atoms with van der Waals surface area (Å²) in [4.78, 5) is 38.4. The molecule has 3 amide bonds. The molecule has 2 aromatic carbocycles. The monoisotopic (exact) mass is 462 g/mol. The van der Waals surface area contributed by atoms with Crippen molar-refractivity contribution in [1.82, 2.24) is 10.2 Å². The number of benzene rings is 2. The van der Waals surface area contributed by atoms with Gasteiger partial charge in [-0.25, -0.2) is 0 Å². The van der Waals surface area contributed by atoms with Crippen LogP contribution in [0, 0.1) is 0 Å². The summed E-state index contributed by atoms with van der Waals surface area (Å²) >= 11 is 1.62. The minimum atomic E-state index is -0.727. The first-order valence-corrected chi connectivity index (χ1v) is 11.7. The molecule has 33 heavy (non-hydrogen) atoms. The first-order valence-electron chi connectivity index (χ1n) is 10.8. The van der Waals surface area contributed by atoms with Crippen molar-refractivity contribution < 1.29 is 14.4 Å². The van der Waals surface area contributed by atoms with Crippen molar-refractivity contribution in [2.24, 2.45) is 0 Å². The Labute approximate surface area is 196 Å². The molecule has 2 heterocycles. The molecule has 1 unspecified atom stereocenters. The van der Waals surface area contributed by atoms with E-state index in [0.29, 0.717) is 17.9 Å². The van der Waals surface area contributed by atoms with Crippen LogP contribution in [0.5, 0.6) is 0 Å². The third-order valence-electron chi connectivity index (χ3n) is 5.65. The van der Waals surface area contributed by atoms with Crippen LogP contribution in [0.25, 0.3) is 0 Å². The molecular weight excluding hydrogens is 436 g/mol. The molecule has 3 N–H and O–H groups in total. The first kappa shape index (κ1) is 22.7. The quantitative estimate of drug-likeness (QED) is 0.489. The van der Waals surface area contributed by atoms with Crippen LogP contribution in [0.3, 0.4) is 0 Å². The number of thiophene rings is 1. The van der Waals surface area contributed by atoms with E-state index in [2.05, 4.69) is 56.6 Å². The van der Waals surface area contributed by atoms with Gasteiger partial charge in [0.2, 0.25) is 5.91 Å². The largest absolute Gasteiger partial charge is 0.346 e. The molecule has 0 bridgehead atoms. The maximum Gasteiger partial charge on any atom is 0.313 e. The molecule has 1 aromatic heterocycles. The molecule has 1 atom stereocenters. The summed E-state index contributed by atoms with van der Waals surface area (Å²) in [5.74, 6) is -1.59. The zero-order valence-electron chi connectivity index (χ0n) is 18.3. The second-order valence-electron chi connectivity index (χ2n) is 7.98. The van der Waals surface area contributed by atoms with Gasteiger partial charge in [0, 0.05) is 37.9 Å². The fourth-order valence-electron chi connectivity index (χ4n) is 4.00. The summed E-state index contributed by atoms with van der Waals surface area (Å²) in [7, 11) is 0. The summed E-state index contributed by atoms with van der Waals surface area (Å²) in [5, 5.41) is 12.2. The number of anilines is 2. The molecule has 0 saturated carbocycles. The van der Waals surface area contributed by atoms with Gasteiger partial charge in [-0.05, 0) is 64.2 Å². The third kappa shape index (κ3) is 5.85. The molecular formula is C25H26N4O3S. The molecule has 0 fully saturated rings. The molecule has 4 rings (SSSR count). The molecule has 7 nitrogen and oxygen atoms in total. The van der Waals surface area contributed by atoms with Crippen molar-refractivity contribution in [3.05, 3.63) is 82.0 Å². The molecule has 0 aliphatic carbocycles. The predicted molar refractivity (Wildman–Crippen MR) is 130 cm³/mol. The van der Waals surface area contributed by atoms with Crippen molar-refractivity contribution in [2.45, 2.75) is 25.9 Å². The van der Waals surface area contributed by atoms with E-state index in [9.17, 15) is 14.4 Å². The van der Waals surface area contributed by atoms with E-state index in [4.69, 9.17) is 0 Å². The number of amides is 3. The van der Waals surface area contributed by atoms with E-state index in [1.54, 1.807) is 35.6 Å². The van der Waals surface area contributed by atoms with Gasteiger partial charge >= 0.3 is 11.8 Å². The topological polar surface area (TPSA) is 90.5 Å². The standard InChI is InChI=1S/C25H26N4O3S/c1-17(30)27-21-6-8-22(9-7-21)28-25(32)24(31)26-14-23(20-11-13-33-16-20)29-12-10-18-4-2-3-5-19(18)15-29/h2-9,11,13,16,23H,10,12,14-15H2,1H3,(H,26,31)(H,27,30)(H,28,32). The van der Waals surface area contributed by atoms with E-state index >= 15 is 0 Å². The van der Waals surface area contributed by atoms with Crippen LogP contribution in [0.2, 0.25) is 0 Å². The number of carbonyl (C=O) groups excluding carboxylic acids is 3. The van der Waals surface area contributed by atoms with Gasteiger partial charge in [-0.1, -0.05) is 24.3 Å². The smallest absolute Gasteiger partial charge is 0.313 e. The normalized spacial score (nSPS) is 14.1. The molecule has 3 aromatic rings. The highest BCUT2D eigenvalue weighted by molar-refractivity contribution is 7.08. The minimum Gasteiger partial charge on any atom is -0.346 e. The number of nitrogens with one attached hydrogen (secondary N) is 3. The number of carbonyl (C=O) groups is 3. The average Bonchev–Trinajstić information content (AvgIpc) is 3.34. The molecule has 0 spiro atoms. The number of nitrogens with zero attached hydrogens (tertiary/aromatic N) is 1. The van der Waals surface area contributed by atoms with Gasteiger partial charge in [0.1, 0.15) is 0 Å². The lowest BCUT2D eigenvalue weighted by molar-refractivity contribution is -0.136. The number of hydrogen-bond acceptors (Lipinski definition) is 5. The van der Waals surface area contributed by atoms with Crippen LogP contribution in [0.4, 0.5) is 11.4 Å². The second-order valence-corrected chi connectivity index (χ2v) is 8.76. The molecule has 8 heteroatoms. The summed E-state index contributed by atoms with van der Waals surface area (Å²) in [6.45, 7) is 3.46. The predicted octanol–water partition coefficient (Wildman–Crippen LogP) is 3.56. The van der Waals surface area contributed by atoms with Gasteiger partial charge in [-0.2, -0.15) is 11.3 Å². The molecule has 0 saturated heterocycles. The number of rotatable bonds is 6. The fraction of sp³-hybridized carbons (Fsp3) is 0.240. The van der Waals surface area contributed by atoms with Gasteiger partial charge in [-0.15, -0.1) is 0 Å². The maximum absolute atomic E-state index is 12.5. The summed E-state index contributed by atoms with van der Waals surface area (Å²) in [6, 6.07) is 17.1. The van der Waals surface area contributed by atoms with Crippen LogP contribution in [-0.4, -0.2) is 35.7 Å². The highest BCUT2D eigenvalue weighted by Gasteiger charge is 2.26. The number of fused-ring (bicyclic) bond motifs is 1. The van der Waals surface area contributed by atoms with Gasteiger partial charge in [0.15, 0.2) is 0 Å². The lowest BCUT2D eigenvalue weighted by Gasteiger charge is -2.35. The van der Waals surface area contributed by atoms with Crippen molar-refractivity contribution in [3.63, 3.8) is 0 Å². The first-order chi connectivity index (χ1) is 16.0. The van der Waals surface area contributed by atoms with E-state index in [1.807, 2.05) is 5.38 Å². The molecule has 170 valence electrons. The highest BCUT2D eigenvalue weighted by Crippen LogP contribution is 2.28. The lowest BCUT2D eigenvalue weighted by atomic mass is 9.97. The van der Waals surface area contributed by atoms with Crippen molar-refractivity contribution in [1.29, 1.82) is 0 Å². The van der Waals surface area contributed by atoms with Gasteiger partial charge in [-0.3, -0.25) is 19.3 Å². The fourth-order valence-corrected chi connectivity index (χ4v) is 4.71. The van der Waals surface area contributed by atoms with Gasteiger partial charge < -0.3 is 16.0 Å². The van der Waals surface area contributed by atoms with E-state index in [1.165, 1.54) is 18.1 Å². The Morgan fingerprint density at radius 1 is 0.939 bits per heavy atom. The Bertz CT molecular complexity index is 1130. The average molecular weight is 463 g/mol. The van der Waals surface area contributed by atoms with Gasteiger partial charge in [0.25, 0.3) is 0 Å². The second kappa shape index (κ2) is 10.4. The van der Waals surface area contributed by atoms with Gasteiger partial charge in [0.05, 0.1) is 6.04 Å². The van der Waals surface area contributed by atoms with E-state index in [0.717, 1.165) is 25.1 Å². The van der Waals surface area contributed by atoms with E-state index in [-0.39, 0.29) is 11.9 Å². The highest BCUT2D eigenvalue weighted by atomic mass is 32.1. The SMILES string of the molecule is CC(=O)Nc1ccc(NC(=O)C(=O)NCC(c2ccsc2)N2CCc3ccccc3C2)cc1. The Hall–Kier alpha value is -3.49. The van der Waals surface area contributed by atoms with Crippen molar-refractivity contribution in [3.8, 4) is 0 Å². The summed E-state index contributed by atoms with van der Waals surface area (Å²) < 4.78 is 0. The Balaban J connectivity index is 1.37. The van der Waals surface area contributed by atoms with Crippen molar-refractivity contribution >= 4 is 40.4 Å². The minimum absolute atomic E-state index is 0.0155. The van der Waals surface area contributed by atoms with Crippen LogP contribution in [-0.2, 0) is 27.3 Å². The zero-order valence-corrected chi connectivity index (χ0v) is 19.2. The van der Waals surface area contributed by atoms with Crippen LogP contribution in [0.1, 0.15) is 29.7 Å². The Morgan fingerprint density at radius 3 is 2.30 bits per heavy atom. The molecule has 0 radical (unpaired) electrons.